The summed E-state index contributed by atoms with van der Waals surface area (Å²) in [6.07, 6.45) is 0.423. The van der Waals surface area contributed by atoms with E-state index in [0.717, 1.165) is 12.0 Å². The Morgan fingerprint density at radius 2 is 2.11 bits per heavy atom. The Balaban J connectivity index is 2.35. The molecule has 0 bridgehead atoms. The highest BCUT2D eigenvalue weighted by molar-refractivity contribution is 5.77. The van der Waals surface area contributed by atoms with E-state index < -0.39 is 6.10 Å². The molecular formula is C15H23NO3. The van der Waals surface area contributed by atoms with Gasteiger partial charge in [-0.1, -0.05) is 26.0 Å². The van der Waals surface area contributed by atoms with E-state index in [-0.39, 0.29) is 12.5 Å². The summed E-state index contributed by atoms with van der Waals surface area (Å²) in [6.45, 7) is 6.60. The van der Waals surface area contributed by atoms with Gasteiger partial charge < -0.3 is 15.2 Å². The Hall–Kier alpha value is -1.55. The Morgan fingerprint density at radius 3 is 2.74 bits per heavy atom. The number of nitrogens with one attached hydrogen (secondary N) is 1. The van der Waals surface area contributed by atoms with Crippen molar-refractivity contribution in [3.05, 3.63) is 29.8 Å². The Kier molecular flexibility index (Phi) is 6.36. The number of hydrogen-bond donors (Lipinski definition) is 2. The summed E-state index contributed by atoms with van der Waals surface area (Å²) < 4.78 is 5.39. The van der Waals surface area contributed by atoms with Crippen molar-refractivity contribution in [1.29, 1.82) is 0 Å². The van der Waals surface area contributed by atoms with Gasteiger partial charge >= 0.3 is 0 Å². The van der Waals surface area contributed by atoms with Crippen LogP contribution in [-0.4, -0.2) is 24.2 Å². The van der Waals surface area contributed by atoms with Crippen molar-refractivity contribution in [3.8, 4) is 5.75 Å². The Bertz CT molecular complexity index is 402. The molecule has 1 amide bonds. The van der Waals surface area contributed by atoms with E-state index in [1.54, 1.807) is 25.1 Å². The van der Waals surface area contributed by atoms with Gasteiger partial charge in [0.15, 0.2) is 6.61 Å². The lowest BCUT2D eigenvalue weighted by molar-refractivity contribution is -0.123. The predicted molar refractivity (Wildman–Crippen MR) is 75.0 cm³/mol. The van der Waals surface area contributed by atoms with Crippen molar-refractivity contribution < 1.29 is 14.6 Å². The van der Waals surface area contributed by atoms with Crippen molar-refractivity contribution in [2.75, 3.05) is 13.2 Å². The third-order valence-electron chi connectivity index (χ3n) is 2.75. The van der Waals surface area contributed by atoms with E-state index >= 15 is 0 Å². The van der Waals surface area contributed by atoms with Crippen molar-refractivity contribution >= 4 is 5.91 Å². The van der Waals surface area contributed by atoms with Crippen molar-refractivity contribution in [1.82, 2.24) is 5.32 Å². The van der Waals surface area contributed by atoms with E-state index in [1.807, 2.05) is 6.07 Å². The number of rotatable bonds is 7. The van der Waals surface area contributed by atoms with Gasteiger partial charge in [-0.05, 0) is 37.0 Å². The van der Waals surface area contributed by atoms with E-state index in [2.05, 4.69) is 19.2 Å². The molecule has 0 unspecified atom stereocenters. The molecule has 0 aliphatic rings. The van der Waals surface area contributed by atoms with Crippen LogP contribution in [0.4, 0.5) is 0 Å². The van der Waals surface area contributed by atoms with Gasteiger partial charge in [0.25, 0.3) is 5.91 Å². The van der Waals surface area contributed by atoms with E-state index in [4.69, 9.17) is 4.74 Å². The molecule has 0 heterocycles. The highest BCUT2D eigenvalue weighted by atomic mass is 16.5. The molecule has 0 saturated carbocycles. The molecule has 1 aromatic rings. The number of carbonyl (C=O) groups excluding carboxylic acids is 1. The van der Waals surface area contributed by atoms with E-state index in [0.29, 0.717) is 18.2 Å². The third-order valence-corrected chi connectivity index (χ3v) is 2.75. The fraction of sp³-hybridized carbons (Fsp3) is 0.533. The fourth-order valence-electron chi connectivity index (χ4n) is 1.56. The van der Waals surface area contributed by atoms with Gasteiger partial charge in [0.2, 0.25) is 0 Å². The van der Waals surface area contributed by atoms with Gasteiger partial charge in [-0.3, -0.25) is 4.79 Å². The summed E-state index contributed by atoms with van der Waals surface area (Å²) in [7, 11) is 0. The van der Waals surface area contributed by atoms with Crippen molar-refractivity contribution in [2.45, 2.75) is 33.3 Å². The molecule has 0 radical (unpaired) electrons. The zero-order valence-electron chi connectivity index (χ0n) is 11.8. The van der Waals surface area contributed by atoms with Crippen LogP contribution in [0, 0.1) is 5.92 Å². The SMILES string of the molecule is CC(C)CCNC(=O)COc1cccc([C@H](C)O)c1. The summed E-state index contributed by atoms with van der Waals surface area (Å²) in [5.41, 5.74) is 0.776. The van der Waals surface area contributed by atoms with Gasteiger partial charge in [0, 0.05) is 6.54 Å². The number of carbonyl (C=O) groups is 1. The lowest BCUT2D eigenvalue weighted by atomic mass is 10.1. The molecule has 0 spiro atoms. The van der Waals surface area contributed by atoms with Gasteiger partial charge in [-0.2, -0.15) is 0 Å². The van der Waals surface area contributed by atoms with Crippen LogP contribution >= 0.6 is 0 Å². The summed E-state index contributed by atoms with van der Waals surface area (Å²) in [5.74, 6) is 1.05. The highest BCUT2D eigenvalue weighted by Gasteiger charge is 2.05. The first-order valence-electron chi connectivity index (χ1n) is 6.66. The van der Waals surface area contributed by atoms with Gasteiger partial charge in [-0.25, -0.2) is 0 Å². The molecular weight excluding hydrogens is 242 g/mol. The quantitative estimate of drug-likeness (QED) is 0.795. The number of aliphatic hydroxyl groups excluding tert-OH is 1. The van der Waals surface area contributed by atoms with E-state index in [9.17, 15) is 9.90 Å². The van der Waals surface area contributed by atoms with Gasteiger partial charge in [-0.15, -0.1) is 0 Å². The minimum Gasteiger partial charge on any atom is -0.484 e. The van der Waals surface area contributed by atoms with Crippen LogP contribution in [0.15, 0.2) is 24.3 Å². The second kappa shape index (κ2) is 7.79. The van der Waals surface area contributed by atoms with Crippen LogP contribution in [0.5, 0.6) is 5.75 Å². The Morgan fingerprint density at radius 1 is 1.37 bits per heavy atom. The average Bonchev–Trinajstić information content (AvgIpc) is 2.36. The molecule has 1 atom stereocenters. The van der Waals surface area contributed by atoms with Crippen LogP contribution in [-0.2, 0) is 4.79 Å². The highest BCUT2D eigenvalue weighted by Crippen LogP contribution is 2.18. The number of amides is 1. The zero-order valence-corrected chi connectivity index (χ0v) is 11.8. The first-order chi connectivity index (χ1) is 8.99. The topological polar surface area (TPSA) is 58.6 Å². The molecule has 0 aromatic heterocycles. The molecule has 0 aliphatic carbocycles. The maximum Gasteiger partial charge on any atom is 0.257 e. The standard InChI is InChI=1S/C15H23NO3/c1-11(2)7-8-16-15(18)10-19-14-6-4-5-13(9-14)12(3)17/h4-6,9,11-12,17H,7-8,10H2,1-3H3,(H,16,18)/t12-/m0/s1. The monoisotopic (exact) mass is 265 g/mol. The average molecular weight is 265 g/mol. The number of aliphatic hydroxyl groups is 1. The predicted octanol–water partition coefficient (Wildman–Crippen LogP) is 2.28. The van der Waals surface area contributed by atoms with Crippen LogP contribution in [0.1, 0.15) is 38.9 Å². The van der Waals surface area contributed by atoms with Crippen molar-refractivity contribution in [2.24, 2.45) is 5.92 Å². The van der Waals surface area contributed by atoms with Crippen LogP contribution < -0.4 is 10.1 Å². The van der Waals surface area contributed by atoms with Crippen LogP contribution in [0.25, 0.3) is 0 Å². The van der Waals surface area contributed by atoms with Crippen LogP contribution in [0.2, 0.25) is 0 Å². The molecule has 0 fully saturated rings. The van der Waals surface area contributed by atoms with E-state index in [1.165, 1.54) is 0 Å². The maximum atomic E-state index is 11.5. The fourth-order valence-corrected chi connectivity index (χ4v) is 1.56. The number of hydrogen-bond acceptors (Lipinski definition) is 3. The molecule has 1 aromatic carbocycles. The second-order valence-corrected chi connectivity index (χ2v) is 5.07. The van der Waals surface area contributed by atoms with Gasteiger partial charge in [0.1, 0.15) is 5.75 Å². The lowest BCUT2D eigenvalue weighted by Crippen LogP contribution is -2.30. The molecule has 2 N–H and O–H groups in total. The zero-order chi connectivity index (χ0) is 14.3. The second-order valence-electron chi connectivity index (χ2n) is 5.07. The minimum atomic E-state index is -0.539. The first kappa shape index (κ1) is 15.5. The molecule has 106 valence electrons. The molecule has 0 aliphatic heterocycles. The molecule has 0 saturated heterocycles. The summed E-state index contributed by atoms with van der Waals surface area (Å²) in [5, 5.41) is 12.3. The normalized spacial score (nSPS) is 12.3. The molecule has 4 nitrogen and oxygen atoms in total. The van der Waals surface area contributed by atoms with Crippen LogP contribution in [0.3, 0.4) is 0 Å². The smallest absolute Gasteiger partial charge is 0.257 e. The lowest BCUT2D eigenvalue weighted by Gasteiger charge is -2.10. The number of ether oxygens (including phenoxy) is 1. The summed E-state index contributed by atoms with van der Waals surface area (Å²) in [6, 6.07) is 7.13. The summed E-state index contributed by atoms with van der Waals surface area (Å²) in [4.78, 5) is 11.5. The number of benzene rings is 1. The maximum absolute atomic E-state index is 11.5. The van der Waals surface area contributed by atoms with Gasteiger partial charge in [0.05, 0.1) is 6.10 Å². The summed E-state index contributed by atoms with van der Waals surface area (Å²) >= 11 is 0. The largest absolute Gasteiger partial charge is 0.484 e. The minimum absolute atomic E-state index is 0.00135. The molecule has 1 rings (SSSR count). The Labute approximate surface area is 114 Å². The van der Waals surface area contributed by atoms with Crippen molar-refractivity contribution in [3.63, 3.8) is 0 Å². The first-order valence-corrected chi connectivity index (χ1v) is 6.66. The third kappa shape index (κ3) is 6.25. The molecule has 4 heteroatoms. The molecule has 19 heavy (non-hydrogen) atoms.